The van der Waals surface area contributed by atoms with E-state index in [9.17, 15) is 14.0 Å². The van der Waals surface area contributed by atoms with Crippen molar-refractivity contribution in [2.24, 2.45) is 7.05 Å². The molecule has 0 aliphatic carbocycles. The number of benzene rings is 1. The van der Waals surface area contributed by atoms with Crippen LogP contribution < -0.4 is 11.1 Å². The molecule has 2 aromatic rings. The number of aromatic nitrogens is 2. The summed E-state index contributed by atoms with van der Waals surface area (Å²) in [6.45, 7) is 0. The maximum absolute atomic E-state index is 13.0. The van der Waals surface area contributed by atoms with Crippen molar-refractivity contribution in [2.45, 2.75) is 0 Å². The SMILES string of the molecule is Cn1c(=O)c(=O)[nH]c2cc(F)cc(Br)c21. The van der Waals surface area contributed by atoms with Crippen molar-refractivity contribution in [3.8, 4) is 0 Å². The van der Waals surface area contributed by atoms with E-state index in [1.807, 2.05) is 0 Å². The van der Waals surface area contributed by atoms with Gasteiger partial charge in [-0.05, 0) is 28.1 Å². The second kappa shape index (κ2) is 3.30. The van der Waals surface area contributed by atoms with Crippen molar-refractivity contribution >= 4 is 27.0 Å². The van der Waals surface area contributed by atoms with Crippen molar-refractivity contribution in [2.75, 3.05) is 0 Å². The molecule has 0 bridgehead atoms. The number of aryl methyl sites for hydroxylation is 1. The number of H-pyrrole nitrogens is 1. The van der Waals surface area contributed by atoms with E-state index in [1.54, 1.807) is 0 Å². The highest BCUT2D eigenvalue weighted by Crippen LogP contribution is 2.21. The molecule has 0 saturated heterocycles. The average molecular weight is 273 g/mol. The van der Waals surface area contributed by atoms with E-state index in [1.165, 1.54) is 23.7 Å². The summed E-state index contributed by atoms with van der Waals surface area (Å²) in [6, 6.07) is 2.40. The summed E-state index contributed by atoms with van der Waals surface area (Å²) in [5.41, 5.74) is -0.688. The van der Waals surface area contributed by atoms with E-state index in [2.05, 4.69) is 20.9 Å². The molecule has 0 amide bonds. The lowest BCUT2D eigenvalue weighted by Gasteiger charge is -2.05. The van der Waals surface area contributed by atoms with E-state index >= 15 is 0 Å². The Hall–Kier alpha value is -1.43. The molecule has 1 N–H and O–H groups in total. The number of nitrogens with one attached hydrogen (secondary N) is 1. The Morgan fingerprint density at radius 2 is 2.07 bits per heavy atom. The minimum atomic E-state index is -0.762. The molecule has 1 aromatic heterocycles. The summed E-state index contributed by atoms with van der Waals surface area (Å²) in [5, 5.41) is 0. The minimum absolute atomic E-state index is 0.286. The Morgan fingerprint density at radius 1 is 1.40 bits per heavy atom. The predicted octanol–water partition coefficient (Wildman–Crippen LogP) is 1.13. The van der Waals surface area contributed by atoms with Gasteiger partial charge in [-0.2, -0.15) is 0 Å². The molecule has 1 heterocycles. The van der Waals surface area contributed by atoms with Crippen molar-refractivity contribution in [3.05, 3.63) is 43.1 Å². The number of hydrogen-bond acceptors (Lipinski definition) is 2. The molecule has 78 valence electrons. The maximum atomic E-state index is 13.0. The van der Waals surface area contributed by atoms with E-state index in [0.717, 1.165) is 0 Å². The first-order valence-corrected chi connectivity index (χ1v) is 4.88. The highest BCUT2D eigenvalue weighted by Gasteiger charge is 2.08. The first-order chi connectivity index (χ1) is 7.00. The van der Waals surface area contributed by atoms with Gasteiger partial charge in [-0.1, -0.05) is 0 Å². The van der Waals surface area contributed by atoms with Crippen molar-refractivity contribution < 1.29 is 4.39 Å². The molecule has 0 aliphatic heterocycles. The number of hydrogen-bond donors (Lipinski definition) is 1. The van der Waals surface area contributed by atoms with Gasteiger partial charge < -0.3 is 9.55 Å². The van der Waals surface area contributed by atoms with Crippen LogP contribution >= 0.6 is 15.9 Å². The third-order valence-electron chi connectivity index (χ3n) is 2.11. The van der Waals surface area contributed by atoms with Gasteiger partial charge in [-0.25, -0.2) is 4.39 Å². The summed E-state index contributed by atoms with van der Waals surface area (Å²) in [4.78, 5) is 24.8. The summed E-state index contributed by atoms with van der Waals surface area (Å²) >= 11 is 3.14. The summed E-state index contributed by atoms with van der Waals surface area (Å²) < 4.78 is 14.6. The Bertz CT molecular complexity index is 659. The number of halogens is 2. The van der Waals surface area contributed by atoms with Crippen LogP contribution in [0.4, 0.5) is 4.39 Å². The molecular weight excluding hydrogens is 267 g/mol. The smallest absolute Gasteiger partial charge is 0.316 e. The zero-order valence-electron chi connectivity index (χ0n) is 7.67. The van der Waals surface area contributed by atoms with Gasteiger partial charge in [0.25, 0.3) is 0 Å². The quantitative estimate of drug-likeness (QED) is 0.731. The molecule has 0 spiro atoms. The molecule has 2 rings (SSSR count). The van der Waals surface area contributed by atoms with Gasteiger partial charge in [0.1, 0.15) is 5.82 Å². The average Bonchev–Trinajstić information content (AvgIpc) is 2.13. The number of aromatic amines is 1. The van der Waals surface area contributed by atoms with Gasteiger partial charge in [0.15, 0.2) is 0 Å². The second-order valence-corrected chi connectivity index (χ2v) is 3.96. The molecule has 0 fully saturated rings. The molecule has 4 nitrogen and oxygen atoms in total. The molecule has 0 unspecified atom stereocenters. The Balaban J connectivity index is 3.13. The van der Waals surface area contributed by atoms with E-state index < -0.39 is 16.9 Å². The molecule has 0 radical (unpaired) electrons. The Kier molecular flexibility index (Phi) is 2.22. The van der Waals surface area contributed by atoms with Gasteiger partial charge in [0, 0.05) is 11.5 Å². The van der Waals surface area contributed by atoms with Crippen LogP contribution in [0.25, 0.3) is 11.0 Å². The van der Waals surface area contributed by atoms with Gasteiger partial charge in [0.2, 0.25) is 0 Å². The largest absolute Gasteiger partial charge is 0.316 e. The predicted molar refractivity (Wildman–Crippen MR) is 57.5 cm³/mol. The number of nitrogens with zero attached hydrogens (tertiary/aromatic N) is 1. The molecule has 0 saturated carbocycles. The standard InChI is InChI=1S/C9H6BrFN2O2/c1-13-7-5(10)2-4(11)3-6(7)12-8(14)9(13)15/h2-3H,1H3,(H,12,14). The van der Waals surface area contributed by atoms with Crippen molar-refractivity contribution in [1.82, 2.24) is 9.55 Å². The number of rotatable bonds is 0. The number of fused-ring (bicyclic) bond motifs is 1. The van der Waals surface area contributed by atoms with Crippen molar-refractivity contribution in [1.29, 1.82) is 0 Å². The van der Waals surface area contributed by atoms with Gasteiger partial charge in [-0.15, -0.1) is 0 Å². The first-order valence-electron chi connectivity index (χ1n) is 4.09. The van der Waals surface area contributed by atoms with E-state index in [4.69, 9.17) is 0 Å². The molecule has 1 aromatic carbocycles. The van der Waals surface area contributed by atoms with E-state index in [0.29, 0.717) is 9.99 Å². The van der Waals surface area contributed by atoms with Crippen LogP contribution in [0, 0.1) is 5.82 Å². The first kappa shape index (κ1) is 10.1. The molecule has 6 heteroatoms. The van der Waals surface area contributed by atoms with Crippen LogP contribution in [0.1, 0.15) is 0 Å². The van der Waals surface area contributed by atoms with Crippen LogP contribution in [0.5, 0.6) is 0 Å². The Morgan fingerprint density at radius 3 is 2.73 bits per heavy atom. The monoisotopic (exact) mass is 272 g/mol. The fourth-order valence-corrected chi connectivity index (χ4v) is 2.13. The van der Waals surface area contributed by atoms with Crippen LogP contribution in [0.3, 0.4) is 0 Å². The topological polar surface area (TPSA) is 54.9 Å². The molecular formula is C9H6BrFN2O2. The fraction of sp³-hybridized carbons (Fsp3) is 0.111. The second-order valence-electron chi connectivity index (χ2n) is 3.10. The summed E-state index contributed by atoms with van der Waals surface area (Å²) in [7, 11) is 1.46. The lowest BCUT2D eigenvalue weighted by molar-refractivity contribution is 0.628. The normalized spacial score (nSPS) is 10.9. The van der Waals surface area contributed by atoms with Crippen LogP contribution in [0.2, 0.25) is 0 Å². The van der Waals surface area contributed by atoms with Crippen molar-refractivity contribution in [3.63, 3.8) is 0 Å². The highest BCUT2D eigenvalue weighted by atomic mass is 79.9. The molecule has 0 atom stereocenters. The zero-order valence-corrected chi connectivity index (χ0v) is 9.26. The van der Waals surface area contributed by atoms with E-state index in [-0.39, 0.29) is 5.52 Å². The van der Waals surface area contributed by atoms with Crippen LogP contribution in [0.15, 0.2) is 26.2 Å². The summed E-state index contributed by atoms with van der Waals surface area (Å²) in [6.07, 6.45) is 0. The van der Waals surface area contributed by atoms with Crippen LogP contribution in [-0.2, 0) is 7.05 Å². The summed E-state index contributed by atoms with van der Waals surface area (Å²) in [5.74, 6) is -0.483. The highest BCUT2D eigenvalue weighted by molar-refractivity contribution is 9.10. The maximum Gasteiger partial charge on any atom is 0.316 e. The van der Waals surface area contributed by atoms with Crippen LogP contribution in [-0.4, -0.2) is 9.55 Å². The fourth-order valence-electron chi connectivity index (χ4n) is 1.43. The lowest BCUT2D eigenvalue weighted by atomic mass is 10.3. The molecule has 0 aliphatic rings. The minimum Gasteiger partial charge on any atom is -0.316 e. The van der Waals surface area contributed by atoms with Gasteiger partial charge in [0.05, 0.1) is 11.0 Å². The van der Waals surface area contributed by atoms with Gasteiger partial charge >= 0.3 is 11.1 Å². The molecule has 15 heavy (non-hydrogen) atoms. The Labute approximate surface area is 91.5 Å². The van der Waals surface area contributed by atoms with Gasteiger partial charge in [-0.3, -0.25) is 9.59 Å². The third kappa shape index (κ3) is 1.50. The lowest BCUT2D eigenvalue weighted by Crippen LogP contribution is -2.34. The zero-order chi connectivity index (χ0) is 11.2. The third-order valence-corrected chi connectivity index (χ3v) is 2.72.